The van der Waals surface area contributed by atoms with Crippen LogP contribution < -0.4 is 5.73 Å². The van der Waals surface area contributed by atoms with Crippen LogP contribution in [-0.4, -0.2) is 63.4 Å². The third-order valence-corrected chi connectivity index (χ3v) is 2.82. The number of hydrogen-bond acceptors (Lipinski definition) is 5. The van der Waals surface area contributed by atoms with Gasteiger partial charge < -0.3 is 20.3 Å². The molecule has 25 heavy (non-hydrogen) atoms. The summed E-state index contributed by atoms with van der Waals surface area (Å²) in [7, 11) is 7.29. The number of ether oxygens (including phenoxy) is 1. The molecule has 0 saturated carbocycles. The van der Waals surface area contributed by atoms with E-state index in [1.165, 1.54) is 7.11 Å². The Hall–Kier alpha value is -2.08. The summed E-state index contributed by atoms with van der Waals surface area (Å²) in [5.74, 6) is 0.476. The fraction of sp³-hybridized carbons (Fsp3) is 0.579. The van der Waals surface area contributed by atoms with Crippen molar-refractivity contribution >= 4 is 18.0 Å². The van der Waals surface area contributed by atoms with Crippen LogP contribution >= 0.6 is 0 Å². The van der Waals surface area contributed by atoms with Crippen molar-refractivity contribution in [3.63, 3.8) is 0 Å². The van der Waals surface area contributed by atoms with Crippen LogP contribution in [0.25, 0.3) is 0 Å². The van der Waals surface area contributed by atoms with Gasteiger partial charge in [-0.3, -0.25) is 10.2 Å². The highest BCUT2D eigenvalue weighted by Gasteiger charge is 2.10. The number of nitrogens with zero attached hydrogens (tertiary/aromatic N) is 2. The summed E-state index contributed by atoms with van der Waals surface area (Å²) in [5, 5.41) is 8.12. The second kappa shape index (κ2) is 18.3. The molecule has 0 aliphatic heterocycles. The molecule has 3 N–H and O–H groups in total. The molecule has 0 unspecified atom stereocenters. The SMILES string of the molecule is CC.CC.COC=O.Cc1ccc(C(=N)N(C)CCN(C)C)c(N)c1. The number of benzene rings is 1. The van der Waals surface area contributed by atoms with Gasteiger partial charge in [0.2, 0.25) is 0 Å². The molecular weight excluding hydrogens is 316 g/mol. The van der Waals surface area contributed by atoms with Crippen molar-refractivity contribution in [2.24, 2.45) is 0 Å². The predicted molar refractivity (Wildman–Crippen MR) is 109 cm³/mol. The van der Waals surface area contributed by atoms with E-state index in [9.17, 15) is 0 Å². The van der Waals surface area contributed by atoms with E-state index < -0.39 is 0 Å². The average Bonchev–Trinajstić information content (AvgIpc) is 2.62. The maximum atomic E-state index is 8.95. The zero-order valence-corrected chi connectivity index (χ0v) is 17.5. The number of hydrogen-bond donors (Lipinski definition) is 2. The van der Waals surface area contributed by atoms with Crippen LogP contribution in [0, 0.1) is 12.3 Å². The number of amidine groups is 1. The highest BCUT2D eigenvalue weighted by atomic mass is 16.5. The Bertz CT molecular complexity index is 463. The summed E-state index contributed by atoms with van der Waals surface area (Å²) >= 11 is 0. The molecule has 0 aliphatic rings. The number of likely N-dealkylation sites (N-methyl/N-ethyl adjacent to an activating group) is 2. The maximum absolute atomic E-state index is 8.95. The molecule has 1 aromatic rings. The van der Waals surface area contributed by atoms with Gasteiger partial charge in [0.05, 0.1) is 7.11 Å². The Labute approximate surface area is 154 Å². The van der Waals surface area contributed by atoms with Crippen LogP contribution in [0.2, 0.25) is 0 Å². The lowest BCUT2D eigenvalue weighted by Gasteiger charge is -2.23. The molecule has 1 aromatic carbocycles. The number of anilines is 1. The van der Waals surface area contributed by atoms with Crippen molar-refractivity contribution in [3.8, 4) is 0 Å². The normalized spacial score (nSPS) is 8.56. The molecule has 0 aromatic heterocycles. The Balaban J connectivity index is -0.000000518. The number of rotatable bonds is 5. The van der Waals surface area contributed by atoms with Gasteiger partial charge in [0.15, 0.2) is 0 Å². The van der Waals surface area contributed by atoms with E-state index >= 15 is 0 Å². The van der Waals surface area contributed by atoms with Crippen molar-refractivity contribution in [1.82, 2.24) is 9.80 Å². The van der Waals surface area contributed by atoms with Crippen LogP contribution in [0.5, 0.6) is 0 Å². The number of methoxy groups -OCH3 is 1. The van der Waals surface area contributed by atoms with E-state index in [1.54, 1.807) is 0 Å². The zero-order valence-electron chi connectivity index (χ0n) is 17.5. The predicted octanol–water partition coefficient (Wildman–Crippen LogP) is 3.24. The number of nitrogens with one attached hydrogen (secondary N) is 1. The molecule has 0 amide bonds. The summed E-state index contributed by atoms with van der Waals surface area (Å²) in [6, 6.07) is 5.81. The van der Waals surface area contributed by atoms with Crippen molar-refractivity contribution in [2.75, 3.05) is 47.1 Å². The van der Waals surface area contributed by atoms with Gasteiger partial charge in [-0.05, 0) is 38.7 Å². The first-order valence-electron chi connectivity index (χ1n) is 8.60. The fourth-order valence-corrected chi connectivity index (χ4v) is 1.57. The fourth-order valence-electron chi connectivity index (χ4n) is 1.57. The lowest BCUT2D eigenvalue weighted by molar-refractivity contribution is -0.126. The number of nitrogens with two attached hydrogens (primary N) is 1. The monoisotopic (exact) mass is 354 g/mol. The minimum atomic E-state index is 0.375. The van der Waals surface area contributed by atoms with Crippen molar-refractivity contribution in [1.29, 1.82) is 5.41 Å². The molecule has 6 nitrogen and oxygen atoms in total. The van der Waals surface area contributed by atoms with Crippen LogP contribution in [0.1, 0.15) is 38.8 Å². The van der Waals surface area contributed by atoms with Gasteiger partial charge in [-0.15, -0.1) is 0 Å². The highest BCUT2D eigenvalue weighted by molar-refractivity contribution is 6.00. The minimum absolute atomic E-state index is 0.375. The Kier molecular flexibility index (Phi) is 20.3. The molecule has 6 heteroatoms. The minimum Gasteiger partial charge on any atom is -0.471 e. The molecule has 0 heterocycles. The first-order chi connectivity index (χ1) is 11.8. The van der Waals surface area contributed by atoms with Gasteiger partial charge in [0, 0.05) is 31.4 Å². The van der Waals surface area contributed by atoms with E-state index in [1.807, 2.05) is 78.9 Å². The van der Waals surface area contributed by atoms with Crippen molar-refractivity contribution in [3.05, 3.63) is 29.3 Å². The standard InChI is InChI=1S/C13H22N4.C2H4O2.2C2H6/c1-10-5-6-11(12(14)9-10)13(15)17(4)8-7-16(2)3;1-4-2-3;2*1-2/h5-6,9,15H,7-8,14H2,1-4H3;2H,1H3;2*1-2H3. The summed E-state index contributed by atoms with van der Waals surface area (Å²) in [6.45, 7) is 12.1. The summed E-state index contributed by atoms with van der Waals surface area (Å²) in [4.78, 5) is 13.0. The summed E-state index contributed by atoms with van der Waals surface area (Å²) in [5.41, 5.74) is 8.53. The van der Waals surface area contributed by atoms with Gasteiger partial charge in [0.1, 0.15) is 5.84 Å². The lowest BCUT2D eigenvalue weighted by atomic mass is 10.1. The van der Waals surface area contributed by atoms with Crippen molar-refractivity contribution < 1.29 is 9.53 Å². The van der Waals surface area contributed by atoms with E-state index in [2.05, 4.69) is 9.64 Å². The lowest BCUT2D eigenvalue weighted by Crippen LogP contribution is -2.33. The summed E-state index contributed by atoms with van der Waals surface area (Å²) < 4.78 is 3.86. The van der Waals surface area contributed by atoms with Gasteiger partial charge in [0.25, 0.3) is 6.47 Å². The Morgan fingerprint density at radius 2 is 1.64 bits per heavy atom. The molecule has 1 rings (SSSR count). The van der Waals surface area contributed by atoms with Gasteiger partial charge >= 0.3 is 0 Å². The topological polar surface area (TPSA) is 82.7 Å². The molecular formula is C19H38N4O2. The van der Waals surface area contributed by atoms with E-state index in [0.29, 0.717) is 18.0 Å². The molecule has 0 spiro atoms. The highest BCUT2D eigenvalue weighted by Crippen LogP contribution is 2.15. The summed E-state index contributed by atoms with van der Waals surface area (Å²) in [6.07, 6.45) is 0. The molecule has 0 aliphatic carbocycles. The largest absolute Gasteiger partial charge is 0.471 e. The molecule has 0 bridgehead atoms. The molecule has 0 radical (unpaired) electrons. The third-order valence-electron chi connectivity index (χ3n) is 2.82. The first-order valence-corrected chi connectivity index (χ1v) is 8.60. The quantitative estimate of drug-likeness (QED) is 0.367. The first kappa shape index (κ1) is 27.8. The van der Waals surface area contributed by atoms with E-state index in [-0.39, 0.29) is 0 Å². The Morgan fingerprint density at radius 3 is 2.00 bits per heavy atom. The molecule has 0 atom stereocenters. The van der Waals surface area contributed by atoms with E-state index in [4.69, 9.17) is 15.9 Å². The van der Waals surface area contributed by atoms with Crippen molar-refractivity contribution in [2.45, 2.75) is 34.6 Å². The third kappa shape index (κ3) is 14.0. The van der Waals surface area contributed by atoms with Crippen LogP contribution in [0.15, 0.2) is 18.2 Å². The maximum Gasteiger partial charge on any atom is 0.292 e. The number of carbonyl (C=O) groups is 1. The smallest absolute Gasteiger partial charge is 0.292 e. The Morgan fingerprint density at radius 1 is 1.16 bits per heavy atom. The molecule has 0 saturated heterocycles. The molecule has 146 valence electrons. The van der Waals surface area contributed by atoms with Gasteiger partial charge in [-0.25, -0.2) is 0 Å². The average molecular weight is 355 g/mol. The second-order valence-electron chi connectivity index (χ2n) is 5.00. The van der Waals surface area contributed by atoms with E-state index in [0.717, 1.165) is 24.2 Å². The van der Waals surface area contributed by atoms with Crippen LogP contribution in [-0.2, 0) is 9.53 Å². The van der Waals surface area contributed by atoms with Crippen LogP contribution in [0.4, 0.5) is 5.69 Å². The molecule has 0 fully saturated rings. The van der Waals surface area contributed by atoms with Crippen LogP contribution in [0.3, 0.4) is 0 Å². The number of aryl methyl sites for hydroxylation is 1. The zero-order chi connectivity index (χ0) is 20.4. The number of carbonyl (C=O) groups excluding carboxylic acids is 1. The second-order valence-corrected chi connectivity index (χ2v) is 5.00. The number of nitrogen functional groups attached to an aromatic ring is 1. The van der Waals surface area contributed by atoms with Gasteiger partial charge in [-0.2, -0.15) is 0 Å². The van der Waals surface area contributed by atoms with Gasteiger partial charge in [-0.1, -0.05) is 33.8 Å².